The van der Waals surface area contributed by atoms with Crippen LogP contribution in [0.4, 0.5) is 14.5 Å². The fourth-order valence-electron chi connectivity index (χ4n) is 2.61. The van der Waals surface area contributed by atoms with Gasteiger partial charge in [-0.1, -0.05) is 19.9 Å². The second kappa shape index (κ2) is 8.73. The summed E-state index contributed by atoms with van der Waals surface area (Å²) < 4.78 is 38.0. The predicted octanol–water partition coefficient (Wildman–Crippen LogP) is 4.06. The van der Waals surface area contributed by atoms with Crippen LogP contribution in [-0.4, -0.2) is 25.7 Å². The number of nitrogens with two attached hydrogens (primary N) is 1. The van der Waals surface area contributed by atoms with E-state index in [-0.39, 0.29) is 41.0 Å². The van der Waals surface area contributed by atoms with E-state index in [1.807, 2.05) is 32.0 Å². The van der Waals surface area contributed by atoms with Crippen LogP contribution in [0.2, 0.25) is 0 Å². The second-order valence-corrected chi connectivity index (χ2v) is 6.69. The van der Waals surface area contributed by atoms with Gasteiger partial charge in [0.05, 0.1) is 12.2 Å². The first-order valence-electron chi connectivity index (χ1n) is 8.27. The summed E-state index contributed by atoms with van der Waals surface area (Å²) >= 11 is 0. The fourth-order valence-corrected chi connectivity index (χ4v) is 2.61. The summed E-state index contributed by atoms with van der Waals surface area (Å²) in [5, 5.41) is 2.59. The third-order valence-electron chi connectivity index (χ3n) is 4.16. The van der Waals surface area contributed by atoms with Crippen molar-refractivity contribution >= 4 is 35.6 Å². The predicted molar refractivity (Wildman–Crippen MR) is 112 cm³/mol. The molecule has 5 nitrogen and oxygen atoms in total. The van der Waals surface area contributed by atoms with Crippen molar-refractivity contribution in [2.45, 2.75) is 19.3 Å². The summed E-state index contributed by atoms with van der Waals surface area (Å²) in [4.78, 5) is 4.27. The lowest BCUT2D eigenvalue weighted by Crippen LogP contribution is -2.28. The van der Waals surface area contributed by atoms with Gasteiger partial charge in [-0.3, -0.25) is 4.99 Å². The van der Waals surface area contributed by atoms with Gasteiger partial charge in [-0.15, -0.1) is 24.0 Å². The summed E-state index contributed by atoms with van der Waals surface area (Å²) in [5.41, 5.74) is 6.44. The van der Waals surface area contributed by atoms with Gasteiger partial charge in [0.1, 0.15) is 24.8 Å². The molecular formula is C19H22F2IN3O2. The van der Waals surface area contributed by atoms with Crippen molar-refractivity contribution in [3.8, 4) is 11.5 Å². The zero-order valence-corrected chi connectivity index (χ0v) is 17.4. The molecule has 0 atom stereocenters. The van der Waals surface area contributed by atoms with Crippen molar-refractivity contribution in [1.82, 2.24) is 0 Å². The standard InChI is InChI=1S/C19H21F2N3O2.HI/c1-19(2,12-3-6-16-17(9-12)26-8-7-25-16)11-23-18(22)24-15-10-13(20)4-5-14(15)21;/h3-6,9-10H,7-8,11H2,1-2H3,(H3,22,23,24);1H. The summed E-state index contributed by atoms with van der Waals surface area (Å²) in [6, 6.07) is 8.87. The quantitative estimate of drug-likeness (QED) is 0.386. The van der Waals surface area contributed by atoms with Crippen molar-refractivity contribution < 1.29 is 18.3 Å². The number of rotatable bonds is 4. The zero-order valence-electron chi connectivity index (χ0n) is 15.1. The molecule has 2 aromatic rings. The Labute approximate surface area is 174 Å². The van der Waals surface area contributed by atoms with E-state index in [0.717, 1.165) is 29.5 Å². The molecule has 3 N–H and O–H groups in total. The average molecular weight is 489 g/mol. The molecule has 2 aromatic carbocycles. The largest absolute Gasteiger partial charge is 0.486 e. The molecule has 0 amide bonds. The Kier molecular flexibility index (Phi) is 6.85. The van der Waals surface area contributed by atoms with Gasteiger partial charge in [0, 0.05) is 11.5 Å². The number of guanidine groups is 1. The lowest BCUT2D eigenvalue weighted by molar-refractivity contribution is 0.171. The Hall–Kier alpha value is -2.10. The van der Waals surface area contributed by atoms with Gasteiger partial charge in [-0.2, -0.15) is 0 Å². The highest BCUT2D eigenvalue weighted by Gasteiger charge is 2.23. The van der Waals surface area contributed by atoms with E-state index in [2.05, 4.69) is 10.3 Å². The number of ether oxygens (including phenoxy) is 2. The summed E-state index contributed by atoms with van der Waals surface area (Å²) in [7, 11) is 0. The number of hydrogen-bond acceptors (Lipinski definition) is 3. The fraction of sp³-hybridized carbons (Fsp3) is 0.316. The number of benzene rings is 2. The number of hydrogen-bond donors (Lipinski definition) is 2. The van der Waals surface area contributed by atoms with Gasteiger partial charge in [0.15, 0.2) is 17.5 Å². The summed E-state index contributed by atoms with van der Waals surface area (Å²) in [6.07, 6.45) is 0. The van der Waals surface area contributed by atoms with Crippen LogP contribution in [0.25, 0.3) is 0 Å². The van der Waals surface area contributed by atoms with Crippen LogP contribution in [0, 0.1) is 11.6 Å². The van der Waals surface area contributed by atoms with Crippen LogP contribution in [0.15, 0.2) is 41.4 Å². The molecule has 1 aliphatic heterocycles. The Morgan fingerprint density at radius 3 is 2.56 bits per heavy atom. The number of fused-ring (bicyclic) bond motifs is 1. The Morgan fingerprint density at radius 1 is 1.11 bits per heavy atom. The van der Waals surface area contributed by atoms with E-state index in [1.54, 1.807) is 0 Å². The monoisotopic (exact) mass is 489 g/mol. The maximum atomic E-state index is 13.7. The van der Waals surface area contributed by atoms with E-state index in [4.69, 9.17) is 15.2 Å². The summed E-state index contributed by atoms with van der Waals surface area (Å²) in [5.74, 6) is 0.287. The number of anilines is 1. The minimum Gasteiger partial charge on any atom is -0.486 e. The van der Waals surface area contributed by atoms with Gasteiger partial charge in [0.25, 0.3) is 0 Å². The molecule has 8 heteroatoms. The van der Waals surface area contributed by atoms with E-state index in [9.17, 15) is 8.78 Å². The van der Waals surface area contributed by atoms with Gasteiger partial charge in [0.2, 0.25) is 0 Å². The molecule has 0 aromatic heterocycles. The molecule has 27 heavy (non-hydrogen) atoms. The summed E-state index contributed by atoms with van der Waals surface area (Å²) in [6.45, 7) is 5.43. The average Bonchev–Trinajstić information content (AvgIpc) is 2.63. The van der Waals surface area contributed by atoms with Crippen LogP contribution >= 0.6 is 24.0 Å². The van der Waals surface area contributed by atoms with Crippen molar-refractivity contribution in [2.75, 3.05) is 25.1 Å². The minimum atomic E-state index is -0.601. The van der Waals surface area contributed by atoms with Crippen molar-refractivity contribution in [1.29, 1.82) is 0 Å². The van der Waals surface area contributed by atoms with E-state index >= 15 is 0 Å². The Balaban J connectivity index is 0.00000261. The smallest absolute Gasteiger partial charge is 0.193 e. The molecule has 1 heterocycles. The molecule has 0 spiro atoms. The number of aliphatic imine (C=N–C) groups is 1. The molecule has 0 saturated carbocycles. The van der Waals surface area contributed by atoms with Crippen molar-refractivity contribution in [3.05, 3.63) is 53.6 Å². The highest BCUT2D eigenvalue weighted by atomic mass is 127. The maximum absolute atomic E-state index is 13.7. The third-order valence-corrected chi connectivity index (χ3v) is 4.16. The number of nitrogens with one attached hydrogen (secondary N) is 1. The highest BCUT2D eigenvalue weighted by molar-refractivity contribution is 14.0. The first-order valence-corrected chi connectivity index (χ1v) is 8.27. The van der Waals surface area contributed by atoms with Crippen LogP contribution in [-0.2, 0) is 5.41 Å². The molecule has 0 fully saturated rings. The first kappa shape index (κ1) is 21.2. The Morgan fingerprint density at radius 2 is 1.81 bits per heavy atom. The molecule has 146 valence electrons. The van der Waals surface area contributed by atoms with Crippen molar-refractivity contribution in [3.63, 3.8) is 0 Å². The lowest BCUT2D eigenvalue weighted by Gasteiger charge is -2.26. The molecule has 0 radical (unpaired) electrons. The number of nitrogens with zero attached hydrogens (tertiary/aromatic N) is 1. The SMILES string of the molecule is CC(C)(CN=C(N)Nc1cc(F)ccc1F)c1ccc2c(c1)OCCO2.I. The molecule has 1 aliphatic rings. The molecule has 3 rings (SSSR count). The number of halogens is 3. The van der Waals surface area contributed by atoms with E-state index in [1.165, 1.54) is 0 Å². The van der Waals surface area contributed by atoms with Crippen LogP contribution in [0.1, 0.15) is 19.4 Å². The zero-order chi connectivity index (χ0) is 18.7. The molecule has 0 bridgehead atoms. The Bertz CT molecular complexity index is 844. The van der Waals surface area contributed by atoms with Gasteiger partial charge in [-0.25, -0.2) is 8.78 Å². The van der Waals surface area contributed by atoms with E-state index in [0.29, 0.717) is 25.5 Å². The van der Waals surface area contributed by atoms with E-state index < -0.39 is 11.6 Å². The highest BCUT2D eigenvalue weighted by Crippen LogP contribution is 2.35. The van der Waals surface area contributed by atoms with Crippen LogP contribution < -0.4 is 20.5 Å². The minimum absolute atomic E-state index is 0. The van der Waals surface area contributed by atoms with Gasteiger partial charge >= 0.3 is 0 Å². The second-order valence-electron chi connectivity index (χ2n) is 6.69. The van der Waals surface area contributed by atoms with Gasteiger partial charge < -0.3 is 20.5 Å². The van der Waals surface area contributed by atoms with Crippen molar-refractivity contribution in [2.24, 2.45) is 10.7 Å². The lowest BCUT2D eigenvalue weighted by atomic mass is 9.84. The first-order chi connectivity index (χ1) is 12.3. The molecule has 0 saturated heterocycles. The maximum Gasteiger partial charge on any atom is 0.193 e. The third kappa shape index (κ3) is 5.21. The molecule has 0 unspecified atom stereocenters. The van der Waals surface area contributed by atoms with Crippen LogP contribution in [0.3, 0.4) is 0 Å². The molecular weight excluding hydrogens is 467 g/mol. The topological polar surface area (TPSA) is 68.9 Å². The normalized spacial score (nSPS) is 13.7. The van der Waals surface area contributed by atoms with Crippen LogP contribution in [0.5, 0.6) is 11.5 Å². The van der Waals surface area contributed by atoms with Gasteiger partial charge in [-0.05, 0) is 29.8 Å². The molecule has 0 aliphatic carbocycles.